The van der Waals surface area contributed by atoms with Gasteiger partial charge in [0, 0.05) is 44.8 Å². The second-order valence-electron chi connectivity index (χ2n) is 8.06. The Bertz CT molecular complexity index is 1220. The normalized spacial score (nSPS) is 15.1. The number of urea groups is 1. The third kappa shape index (κ3) is 3.79. The van der Waals surface area contributed by atoms with Crippen LogP contribution >= 0.6 is 11.3 Å². The average Bonchev–Trinajstić information content (AvgIpc) is 3.31. The highest BCUT2D eigenvalue weighted by Crippen LogP contribution is 2.34. The van der Waals surface area contributed by atoms with Crippen LogP contribution in [0.1, 0.15) is 18.2 Å². The highest BCUT2D eigenvalue weighted by atomic mass is 32.1. The number of rotatable bonds is 4. The smallest absolute Gasteiger partial charge is 0.317 e. The van der Waals surface area contributed by atoms with Gasteiger partial charge >= 0.3 is 6.03 Å². The van der Waals surface area contributed by atoms with E-state index >= 15 is 0 Å². The predicted molar refractivity (Wildman–Crippen MR) is 127 cm³/mol. The van der Waals surface area contributed by atoms with Gasteiger partial charge in [-0.2, -0.15) is 0 Å². The van der Waals surface area contributed by atoms with Crippen LogP contribution in [0, 0.1) is 6.92 Å². The third-order valence-corrected chi connectivity index (χ3v) is 6.91. The van der Waals surface area contributed by atoms with E-state index in [4.69, 9.17) is 4.98 Å². The number of hydrogen-bond acceptors (Lipinski definition) is 4. The van der Waals surface area contributed by atoms with Gasteiger partial charge in [0.05, 0.1) is 21.6 Å². The van der Waals surface area contributed by atoms with Crippen molar-refractivity contribution in [3.8, 4) is 11.3 Å². The summed E-state index contributed by atoms with van der Waals surface area (Å²) in [5.41, 5.74) is 5.91. The number of thiazole rings is 1. The molecule has 0 radical (unpaired) electrons. The van der Waals surface area contributed by atoms with Gasteiger partial charge in [0.1, 0.15) is 0 Å². The number of amides is 2. The largest absolute Gasteiger partial charge is 0.338 e. The van der Waals surface area contributed by atoms with Gasteiger partial charge in [0.25, 0.3) is 0 Å². The molecule has 5 rings (SSSR count). The van der Waals surface area contributed by atoms with Crippen LogP contribution in [0.4, 0.5) is 4.79 Å². The molecule has 0 atom stereocenters. The first-order chi connectivity index (χ1) is 15.1. The van der Waals surface area contributed by atoms with E-state index in [9.17, 15) is 4.79 Å². The molecular weight excluding hydrogens is 406 g/mol. The number of carbonyl (C=O) groups excluding carboxylic acids is 1. The molecule has 2 aromatic heterocycles. The molecule has 0 aliphatic carbocycles. The lowest BCUT2D eigenvalue weighted by molar-refractivity contribution is 0.135. The molecule has 0 saturated carbocycles. The number of nitrogens with one attached hydrogen (secondary N) is 1. The molecular formula is C24H27N5OS. The van der Waals surface area contributed by atoms with E-state index < -0.39 is 0 Å². The summed E-state index contributed by atoms with van der Waals surface area (Å²) < 4.78 is 3.60. The van der Waals surface area contributed by atoms with Crippen molar-refractivity contribution in [3.63, 3.8) is 0 Å². The van der Waals surface area contributed by atoms with E-state index in [2.05, 4.69) is 64.0 Å². The third-order valence-electron chi connectivity index (χ3n) is 5.91. The number of hydrogen-bond donors (Lipinski definition) is 1. The van der Waals surface area contributed by atoms with E-state index in [1.807, 2.05) is 17.9 Å². The van der Waals surface area contributed by atoms with Crippen molar-refractivity contribution in [1.29, 1.82) is 0 Å². The molecule has 3 heterocycles. The summed E-state index contributed by atoms with van der Waals surface area (Å²) in [5.74, 6) is 0. The quantitative estimate of drug-likeness (QED) is 0.520. The van der Waals surface area contributed by atoms with E-state index in [1.54, 1.807) is 11.3 Å². The van der Waals surface area contributed by atoms with Gasteiger partial charge in [0.15, 0.2) is 4.96 Å². The molecule has 4 aromatic rings. The highest BCUT2D eigenvalue weighted by molar-refractivity contribution is 7.23. The molecule has 31 heavy (non-hydrogen) atoms. The number of imidazole rings is 1. The molecule has 2 aromatic carbocycles. The Kier molecular flexibility index (Phi) is 5.38. The van der Waals surface area contributed by atoms with Crippen molar-refractivity contribution in [2.24, 2.45) is 0 Å². The number of carbonyl (C=O) groups is 1. The molecule has 0 spiro atoms. The Morgan fingerprint density at radius 1 is 1.10 bits per heavy atom. The molecule has 1 fully saturated rings. The van der Waals surface area contributed by atoms with E-state index in [1.165, 1.54) is 21.5 Å². The summed E-state index contributed by atoms with van der Waals surface area (Å²) in [4.78, 5) is 22.6. The summed E-state index contributed by atoms with van der Waals surface area (Å²) in [5, 5.41) is 2.91. The lowest BCUT2D eigenvalue weighted by Gasteiger charge is -2.34. The Hall–Kier alpha value is -2.90. The van der Waals surface area contributed by atoms with Crippen LogP contribution in [0.5, 0.6) is 0 Å². The van der Waals surface area contributed by atoms with Crippen molar-refractivity contribution in [2.45, 2.75) is 20.4 Å². The summed E-state index contributed by atoms with van der Waals surface area (Å²) >= 11 is 1.75. The minimum atomic E-state index is 0.0399. The summed E-state index contributed by atoms with van der Waals surface area (Å²) in [7, 11) is 0. The van der Waals surface area contributed by atoms with Crippen LogP contribution in [0.2, 0.25) is 0 Å². The average molecular weight is 434 g/mol. The standard InChI is InChI=1S/C24H27N5OS/c1-3-25-23(30)28-13-11-27(12-14-28)16-20-22(18-7-5-4-6-8-18)26-24-29(20)19-10-9-17(2)15-21(19)31-24/h4-10,15H,3,11-14,16H2,1-2H3,(H,25,30). The fourth-order valence-corrected chi connectivity index (χ4v) is 5.43. The molecule has 2 amide bonds. The molecule has 160 valence electrons. The Morgan fingerprint density at radius 3 is 2.61 bits per heavy atom. The zero-order valence-electron chi connectivity index (χ0n) is 18.0. The zero-order chi connectivity index (χ0) is 21.4. The highest BCUT2D eigenvalue weighted by Gasteiger charge is 2.24. The molecule has 1 aliphatic heterocycles. The Labute approximate surface area is 186 Å². The fraction of sp³-hybridized carbons (Fsp3) is 0.333. The van der Waals surface area contributed by atoms with Gasteiger partial charge in [-0.15, -0.1) is 0 Å². The van der Waals surface area contributed by atoms with Crippen LogP contribution in [-0.2, 0) is 6.54 Å². The number of aryl methyl sites for hydroxylation is 1. The number of fused-ring (bicyclic) bond motifs is 3. The Morgan fingerprint density at radius 2 is 1.87 bits per heavy atom. The minimum absolute atomic E-state index is 0.0399. The first-order valence-electron chi connectivity index (χ1n) is 10.8. The van der Waals surface area contributed by atoms with E-state index in [0.717, 1.165) is 48.9 Å². The SMILES string of the molecule is CCNC(=O)N1CCN(Cc2c(-c3ccccc3)nc3sc4cc(C)ccc4n23)CC1. The zero-order valence-corrected chi connectivity index (χ0v) is 18.8. The number of piperazine rings is 1. The maximum absolute atomic E-state index is 12.2. The summed E-state index contributed by atoms with van der Waals surface area (Å²) in [6.45, 7) is 8.78. The topological polar surface area (TPSA) is 52.9 Å². The van der Waals surface area contributed by atoms with Gasteiger partial charge in [-0.3, -0.25) is 9.30 Å². The minimum Gasteiger partial charge on any atom is -0.338 e. The molecule has 1 saturated heterocycles. The van der Waals surface area contributed by atoms with Crippen LogP contribution in [-0.4, -0.2) is 57.9 Å². The van der Waals surface area contributed by atoms with Gasteiger partial charge < -0.3 is 10.2 Å². The van der Waals surface area contributed by atoms with Gasteiger partial charge in [-0.05, 0) is 31.5 Å². The second-order valence-corrected chi connectivity index (χ2v) is 9.07. The molecule has 1 aliphatic rings. The van der Waals surface area contributed by atoms with Crippen LogP contribution < -0.4 is 5.32 Å². The van der Waals surface area contributed by atoms with Crippen molar-refractivity contribution in [3.05, 3.63) is 59.8 Å². The van der Waals surface area contributed by atoms with Crippen molar-refractivity contribution < 1.29 is 4.79 Å². The van der Waals surface area contributed by atoms with Crippen molar-refractivity contribution in [2.75, 3.05) is 32.7 Å². The monoisotopic (exact) mass is 433 g/mol. The second kappa shape index (κ2) is 8.32. The van der Waals surface area contributed by atoms with Crippen LogP contribution in [0.3, 0.4) is 0 Å². The first-order valence-corrected chi connectivity index (χ1v) is 11.7. The lowest BCUT2D eigenvalue weighted by atomic mass is 10.1. The number of nitrogens with zero attached hydrogens (tertiary/aromatic N) is 4. The van der Waals surface area contributed by atoms with Crippen molar-refractivity contribution in [1.82, 2.24) is 24.5 Å². The van der Waals surface area contributed by atoms with E-state index in [-0.39, 0.29) is 6.03 Å². The lowest BCUT2D eigenvalue weighted by Crippen LogP contribution is -2.51. The first kappa shape index (κ1) is 20.0. The van der Waals surface area contributed by atoms with Crippen LogP contribution in [0.15, 0.2) is 48.5 Å². The van der Waals surface area contributed by atoms with Gasteiger partial charge in [-0.1, -0.05) is 47.7 Å². The predicted octanol–water partition coefficient (Wildman–Crippen LogP) is 4.37. The van der Waals surface area contributed by atoms with Gasteiger partial charge in [0.2, 0.25) is 0 Å². The number of aromatic nitrogens is 2. The molecule has 1 N–H and O–H groups in total. The van der Waals surface area contributed by atoms with E-state index in [0.29, 0.717) is 6.54 Å². The van der Waals surface area contributed by atoms with Gasteiger partial charge in [-0.25, -0.2) is 9.78 Å². The maximum Gasteiger partial charge on any atom is 0.317 e. The molecule has 7 heteroatoms. The molecule has 0 unspecified atom stereocenters. The fourth-order valence-electron chi connectivity index (χ4n) is 4.29. The summed E-state index contributed by atoms with van der Waals surface area (Å²) in [6.07, 6.45) is 0. The molecule has 6 nitrogen and oxygen atoms in total. The Balaban J connectivity index is 1.50. The van der Waals surface area contributed by atoms with Crippen molar-refractivity contribution >= 4 is 32.5 Å². The maximum atomic E-state index is 12.2. The summed E-state index contributed by atoms with van der Waals surface area (Å²) in [6, 6.07) is 17.1. The number of benzene rings is 2. The van der Waals surface area contributed by atoms with Crippen LogP contribution in [0.25, 0.3) is 26.4 Å². The molecule has 0 bridgehead atoms.